The van der Waals surface area contributed by atoms with Crippen LogP contribution < -0.4 is 9.47 Å². The fourth-order valence-corrected chi connectivity index (χ4v) is 4.27. The lowest BCUT2D eigenvalue weighted by molar-refractivity contribution is 0.148. The normalized spacial score (nSPS) is 24.5. The number of ether oxygens (including phenoxy) is 2. The van der Waals surface area contributed by atoms with Crippen LogP contribution in [0, 0.1) is 5.92 Å². The summed E-state index contributed by atoms with van der Waals surface area (Å²) in [7, 11) is -0.278. The molecule has 1 aromatic rings. The van der Waals surface area contributed by atoms with E-state index in [1.54, 1.807) is 0 Å². The Bertz CT molecular complexity index is 692. The molecule has 0 aliphatic carbocycles. The predicted octanol–water partition coefficient (Wildman–Crippen LogP) is 0.142. The van der Waals surface area contributed by atoms with Gasteiger partial charge in [0.2, 0.25) is 10.0 Å². The molecule has 7 nitrogen and oxygen atoms in total. The van der Waals surface area contributed by atoms with E-state index in [1.165, 1.54) is 18.4 Å². The van der Waals surface area contributed by atoms with Crippen molar-refractivity contribution in [1.82, 2.24) is 9.21 Å². The Balaban J connectivity index is 1.63. The van der Waals surface area contributed by atoms with Crippen molar-refractivity contribution in [2.45, 2.75) is 12.6 Å². The minimum atomic E-state index is -3.31. The Morgan fingerprint density at radius 2 is 1.92 bits per heavy atom. The number of benzene rings is 1. The van der Waals surface area contributed by atoms with Gasteiger partial charge in [-0.25, -0.2) is 12.7 Å². The topological polar surface area (TPSA) is 79.3 Å². The largest absolute Gasteiger partial charge is 0.486 e. The summed E-state index contributed by atoms with van der Waals surface area (Å²) in [5.41, 5.74) is 1.06. The van der Waals surface area contributed by atoms with Crippen molar-refractivity contribution in [3.8, 4) is 11.5 Å². The standard InChI is InChI=1S/C16H24N2O5S/c1-17(2)24(20,21)11-13-9-18(10-14(13)19)8-12-3-4-15-16(7-12)23-6-5-22-15/h3-4,7,13-14,19H,5-6,8-11H2,1-2H3/t13-,14+/m0/s1. The molecular formula is C16H24N2O5S. The Morgan fingerprint density at radius 3 is 2.62 bits per heavy atom. The molecule has 2 atom stereocenters. The number of aliphatic hydroxyl groups is 1. The molecule has 2 aliphatic heterocycles. The van der Waals surface area contributed by atoms with Gasteiger partial charge >= 0.3 is 0 Å². The van der Waals surface area contributed by atoms with Gasteiger partial charge in [-0.05, 0) is 17.7 Å². The molecule has 2 heterocycles. The van der Waals surface area contributed by atoms with E-state index in [1.807, 2.05) is 18.2 Å². The maximum absolute atomic E-state index is 12.0. The van der Waals surface area contributed by atoms with Gasteiger partial charge in [0, 0.05) is 39.6 Å². The summed E-state index contributed by atoms with van der Waals surface area (Å²) < 4.78 is 36.4. The summed E-state index contributed by atoms with van der Waals surface area (Å²) in [5, 5.41) is 10.2. The monoisotopic (exact) mass is 356 g/mol. The summed E-state index contributed by atoms with van der Waals surface area (Å²) in [4.78, 5) is 2.08. The molecule has 0 amide bonds. The molecule has 1 aromatic carbocycles. The van der Waals surface area contributed by atoms with Crippen LogP contribution in [-0.4, -0.2) is 75.0 Å². The van der Waals surface area contributed by atoms with Crippen molar-refractivity contribution in [3.63, 3.8) is 0 Å². The first-order chi connectivity index (χ1) is 11.3. The van der Waals surface area contributed by atoms with Crippen LogP contribution in [0.2, 0.25) is 0 Å². The van der Waals surface area contributed by atoms with Gasteiger partial charge in [0.25, 0.3) is 0 Å². The first-order valence-electron chi connectivity index (χ1n) is 8.04. The number of rotatable bonds is 5. The number of hydrogen-bond acceptors (Lipinski definition) is 6. The lowest BCUT2D eigenvalue weighted by atomic mass is 10.1. The van der Waals surface area contributed by atoms with Crippen LogP contribution in [-0.2, 0) is 16.6 Å². The van der Waals surface area contributed by atoms with Crippen LogP contribution in [0.3, 0.4) is 0 Å². The molecule has 24 heavy (non-hydrogen) atoms. The molecular weight excluding hydrogens is 332 g/mol. The molecule has 0 bridgehead atoms. The average molecular weight is 356 g/mol. The molecule has 0 aromatic heterocycles. The molecule has 1 saturated heterocycles. The summed E-state index contributed by atoms with van der Waals surface area (Å²) in [5.74, 6) is 1.19. The van der Waals surface area contributed by atoms with Crippen molar-refractivity contribution >= 4 is 10.0 Å². The molecule has 0 unspecified atom stereocenters. The number of likely N-dealkylation sites (tertiary alicyclic amines) is 1. The average Bonchev–Trinajstić information content (AvgIpc) is 2.86. The van der Waals surface area contributed by atoms with Gasteiger partial charge in [0.05, 0.1) is 11.9 Å². The van der Waals surface area contributed by atoms with E-state index in [0.29, 0.717) is 32.8 Å². The van der Waals surface area contributed by atoms with E-state index in [-0.39, 0.29) is 11.7 Å². The fourth-order valence-electron chi connectivity index (χ4n) is 3.10. The van der Waals surface area contributed by atoms with Gasteiger partial charge in [-0.2, -0.15) is 0 Å². The van der Waals surface area contributed by atoms with E-state index in [9.17, 15) is 13.5 Å². The highest BCUT2D eigenvalue weighted by Crippen LogP contribution is 2.31. The number of fused-ring (bicyclic) bond motifs is 1. The molecule has 0 radical (unpaired) electrons. The van der Waals surface area contributed by atoms with Crippen LogP contribution in [0.15, 0.2) is 18.2 Å². The Hall–Kier alpha value is -1.35. The van der Waals surface area contributed by atoms with Crippen molar-refractivity contribution in [2.24, 2.45) is 5.92 Å². The zero-order valence-electron chi connectivity index (χ0n) is 14.0. The second kappa shape index (κ2) is 6.87. The molecule has 3 rings (SSSR count). The summed E-state index contributed by atoms with van der Waals surface area (Å²) in [6, 6.07) is 5.82. The van der Waals surface area contributed by atoms with Gasteiger partial charge in [0.15, 0.2) is 11.5 Å². The number of hydrogen-bond donors (Lipinski definition) is 1. The predicted molar refractivity (Wildman–Crippen MR) is 89.7 cm³/mol. The first kappa shape index (κ1) is 17.5. The summed E-state index contributed by atoms with van der Waals surface area (Å²) >= 11 is 0. The van der Waals surface area contributed by atoms with Gasteiger partial charge < -0.3 is 14.6 Å². The number of nitrogens with zero attached hydrogens (tertiary/aromatic N) is 2. The Morgan fingerprint density at radius 1 is 1.21 bits per heavy atom. The third-order valence-corrected chi connectivity index (χ3v) is 6.44. The van der Waals surface area contributed by atoms with Gasteiger partial charge in [0.1, 0.15) is 13.2 Å². The minimum absolute atomic E-state index is 0.0290. The number of sulfonamides is 1. The minimum Gasteiger partial charge on any atom is -0.486 e. The van der Waals surface area contributed by atoms with E-state index in [2.05, 4.69) is 4.90 Å². The lowest BCUT2D eigenvalue weighted by Crippen LogP contribution is -2.33. The molecule has 0 saturated carbocycles. The van der Waals surface area contributed by atoms with Crippen molar-refractivity contribution in [2.75, 3.05) is 46.2 Å². The van der Waals surface area contributed by atoms with Crippen LogP contribution in [0.25, 0.3) is 0 Å². The van der Waals surface area contributed by atoms with Gasteiger partial charge in [-0.15, -0.1) is 0 Å². The molecule has 1 fully saturated rings. The number of aliphatic hydroxyl groups excluding tert-OH is 1. The highest BCUT2D eigenvalue weighted by Gasteiger charge is 2.35. The molecule has 134 valence electrons. The lowest BCUT2D eigenvalue weighted by Gasteiger charge is -2.21. The summed E-state index contributed by atoms with van der Waals surface area (Å²) in [6.07, 6.45) is -0.628. The van der Waals surface area contributed by atoms with E-state index >= 15 is 0 Å². The summed E-state index contributed by atoms with van der Waals surface area (Å²) in [6.45, 7) is 2.78. The van der Waals surface area contributed by atoms with E-state index in [0.717, 1.165) is 17.1 Å². The van der Waals surface area contributed by atoms with Crippen molar-refractivity contribution < 1.29 is 23.0 Å². The SMILES string of the molecule is CN(C)S(=O)(=O)C[C@@H]1CN(Cc2ccc3c(c2)OCCO3)C[C@H]1O. The van der Waals surface area contributed by atoms with E-state index < -0.39 is 16.1 Å². The number of β-amino-alcohol motifs (C(OH)–C–C–N with tert-alkyl or cyclic N) is 1. The third-order valence-electron chi connectivity index (χ3n) is 4.48. The smallest absolute Gasteiger partial charge is 0.214 e. The quantitative estimate of drug-likeness (QED) is 0.809. The Labute approximate surface area is 142 Å². The molecule has 2 aliphatic rings. The van der Waals surface area contributed by atoms with Crippen LogP contribution in [0.5, 0.6) is 11.5 Å². The van der Waals surface area contributed by atoms with E-state index in [4.69, 9.17) is 9.47 Å². The second-order valence-corrected chi connectivity index (χ2v) is 8.79. The molecule has 8 heteroatoms. The zero-order valence-corrected chi connectivity index (χ0v) is 14.8. The van der Waals surface area contributed by atoms with Gasteiger partial charge in [-0.1, -0.05) is 6.07 Å². The third kappa shape index (κ3) is 3.83. The Kier molecular flexibility index (Phi) is 5.00. The molecule has 0 spiro atoms. The van der Waals surface area contributed by atoms with Crippen LogP contribution in [0.4, 0.5) is 0 Å². The fraction of sp³-hybridized carbons (Fsp3) is 0.625. The van der Waals surface area contributed by atoms with Crippen molar-refractivity contribution in [1.29, 1.82) is 0 Å². The van der Waals surface area contributed by atoms with Crippen molar-refractivity contribution in [3.05, 3.63) is 23.8 Å². The highest BCUT2D eigenvalue weighted by atomic mass is 32.2. The van der Waals surface area contributed by atoms with Gasteiger partial charge in [-0.3, -0.25) is 4.90 Å². The first-order valence-corrected chi connectivity index (χ1v) is 9.65. The van der Waals surface area contributed by atoms with Crippen LogP contribution in [0.1, 0.15) is 5.56 Å². The van der Waals surface area contributed by atoms with Crippen LogP contribution >= 0.6 is 0 Å². The molecule has 1 N–H and O–H groups in total. The zero-order chi connectivity index (χ0) is 17.3. The maximum Gasteiger partial charge on any atom is 0.214 e. The second-order valence-electron chi connectivity index (χ2n) is 6.56. The highest BCUT2D eigenvalue weighted by molar-refractivity contribution is 7.89. The maximum atomic E-state index is 12.0.